The summed E-state index contributed by atoms with van der Waals surface area (Å²) in [6.45, 7) is 9.36. The maximum Gasteiger partial charge on any atom is 0.250 e. The lowest BCUT2D eigenvalue weighted by Gasteiger charge is -2.13. The summed E-state index contributed by atoms with van der Waals surface area (Å²) in [5.74, 6) is 1.42. The first-order valence-electron chi connectivity index (χ1n) is 8.84. The number of nitrogens with one attached hydrogen (secondary N) is 2. The Labute approximate surface area is 173 Å². The molecule has 0 saturated carbocycles. The van der Waals surface area contributed by atoms with Gasteiger partial charge in [-0.1, -0.05) is 44.2 Å². The van der Waals surface area contributed by atoms with Gasteiger partial charge >= 0.3 is 0 Å². The van der Waals surface area contributed by atoms with E-state index in [4.69, 9.17) is 0 Å². The van der Waals surface area contributed by atoms with Crippen LogP contribution in [0.1, 0.15) is 31.9 Å². The number of hydrogen-bond donors (Lipinski definition) is 2. The van der Waals surface area contributed by atoms with Crippen molar-refractivity contribution in [3.05, 3.63) is 70.1 Å². The fraction of sp³-hybridized carbons (Fsp3) is 0.400. The van der Waals surface area contributed by atoms with Crippen molar-refractivity contribution in [3.8, 4) is 0 Å². The number of hydrogen-bond acceptors (Lipinski definition) is 2. The molecule has 5 nitrogen and oxygen atoms in total. The SMILES string of the molecule is CCNC(=NCc1ccc(Cn2ccccc2=O)cc1)NCC(C)C.I. The Balaban J connectivity index is 0.00000338. The van der Waals surface area contributed by atoms with Crippen molar-refractivity contribution in [2.24, 2.45) is 10.9 Å². The molecule has 1 heterocycles. The van der Waals surface area contributed by atoms with Crippen LogP contribution in [-0.2, 0) is 13.1 Å². The minimum Gasteiger partial charge on any atom is -0.357 e. The van der Waals surface area contributed by atoms with E-state index < -0.39 is 0 Å². The molecule has 2 N–H and O–H groups in total. The van der Waals surface area contributed by atoms with Crippen LogP contribution in [0.3, 0.4) is 0 Å². The first-order valence-corrected chi connectivity index (χ1v) is 8.84. The molecule has 1 aromatic heterocycles. The smallest absolute Gasteiger partial charge is 0.250 e. The van der Waals surface area contributed by atoms with Crippen molar-refractivity contribution in [1.29, 1.82) is 0 Å². The van der Waals surface area contributed by atoms with E-state index in [2.05, 4.69) is 60.7 Å². The molecule has 0 fully saturated rings. The van der Waals surface area contributed by atoms with Crippen LogP contribution >= 0.6 is 24.0 Å². The second kappa shape index (κ2) is 11.7. The van der Waals surface area contributed by atoms with Gasteiger partial charge in [0.25, 0.3) is 5.56 Å². The number of guanidine groups is 1. The van der Waals surface area contributed by atoms with Gasteiger partial charge in [0.05, 0.1) is 13.1 Å². The molecule has 0 aliphatic heterocycles. The number of aliphatic imine (C=N–C) groups is 1. The van der Waals surface area contributed by atoms with Gasteiger partial charge in [-0.05, 0) is 30.0 Å². The zero-order valence-electron chi connectivity index (χ0n) is 15.7. The molecule has 26 heavy (non-hydrogen) atoms. The lowest BCUT2D eigenvalue weighted by molar-refractivity contribution is 0.615. The molecule has 0 aliphatic carbocycles. The Kier molecular flexibility index (Phi) is 10.0. The van der Waals surface area contributed by atoms with Crippen LogP contribution in [0.25, 0.3) is 0 Å². The van der Waals surface area contributed by atoms with Crippen LogP contribution in [-0.4, -0.2) is 23.6 Å². The van der Waals surface area contributed by atoms with Crippen molar-refractivity contribution in [3.63, 3.8) is 0 Å². The van der Waals surface area contributed by atoms with Crippen LogP contribution in [0.4, 0.5) is 0 Å². The Hall–Kier alpha value is -1.83. The normalized spacial score (nSPS) is 11.2. The fourth-order valence-corrected chi connectivity index (χ4v) is 2.35. The van der Waals surface area contributed by atoms with Crippen LogP contribution in [0.5, 0.6) is 0 Å². The van der Waals surface area contributed by atoms with Crippen molar-refractivity contribution >= 4 is 29.9 Å². The minimum absolute atomic E-state index is 0. The summed E-state index contributed by atoms with van der Waals surface area (Å²) >= 11 is 0. The number of rotatable bonds is 7. The van der Waals surface area contributed by atoms with Crippen molar-refractivity contribution < 1.29 is 0 Å². The van der Waals surface area contributed by atoms with Crippen molar-refractivity contribution in [2.75, 3.05) is 13.1 Å². The molecule has 2 rings (SSSR count). The Bertz CT molecular complexity index is 738. The highest BCUT2D eigenvalue weighted by Gasteiger charge is 2.01. The molecule has 0 bridgehead atoms. The summed E-state index contributed by atoms with van der Waals surface area (Å²) in [4.78, 5) is 16.4. The summed E-state index contributed by atoms with van der Waals surface area (Å²) in [5, 5.41) is 6.60. The van der Waals surface area contributed by atoms with E-state index in [0.717, 1.165) is 30.2 Å². The zero-order valence-corrected chi connectivity index (χ0v) is 18.1. The maximum absolute atomic E-state index is 11.8. The van der Waals surface area contributed by atoms with Crippen LogP contribution in [0.2, 0.25) is 0 Å². The standard InChI is InChI=1S/C20H28N4O.HI/c1-4-21-20(22-13-16(2)3)23-14-17-8-10-18(11-9-17)15-24-12-6-5-7-19(24)25;/h5-12,16H,4,13-15H2,1-3H3,(H2,21,22,23);1H. The number of aromatic nitrogens is 1. The van der Waals surface area contributed by atoms with E-state index in [-0.39, 0.29) is 29.5 Å². The second-order valence-corrected chi connectivity index (χ2v) is 6.45. The number of halogens is 1. The fourth-order valence-electron chi connectivity index (χ4n) is 2.35. The van der Waals surface area contributed by atoms with Gasteiger partial charge in [-0.25, -0.2) is 4.99 Å². The lowest BCUT2D eigenvalue weighted by Crippen LogP contribution is -2.39. The third-order valence-electron chi connectivity index (χ3n) is 3.72. The minimum atomic E-state index is 0. The zero-order chi connectivity index (χ0) is 18.1. The molecule has 0 unspecified atom stereocenters. The molecule has 0 amide bonds. The molecule has 2 aromatic rings. The Morgan fingerprint density at radius 3 is 2.38 bits per heavy atom. The number of benzene rings is 1. The first-order chi connectivity index (χ1) is 12.1. The highest BCUT2D eigenvalue weighted by atomic mass is 127. The summed E-state index contributed by atoms with van der Waals surface area (Å²) in [6, 6.07) is 13.5. The predicted molar refractivity (Wildman–Crippen MR) is 119 cm³/mol. The summed E-state index contributed by atoms with van der Waals surface area (Å²) in [5.41, 5.74) is 2.26. The Morgan fingerprint density at radius 1 is 1.08 bits per heavy atom. The molecular formula is C20H29IN4O. The average molecular weight is 468 g/mol. The summed E-state index contributed by atoms with van der Waals surface area (Å²) in [6.07, 6.45) is 1.81. The molecule has 1 aromatic carbocycles. The molecular weight excluding hydrogens is 439 g/mol. The van der Waals surface area contributed by atoms with Crippen molar-refractivity contribution in [1.82, 2.24) is 15.2 Å². The van der Waals surface area contributed by atoms with E-state index in [0.29, 0.717) is 19.0 Å². The summed E-state index contributed by atoms with van der Waals surface area (Å²) in [7, 11) is 0. The number of nitrogens with zero attached hydrogens (tertiary/aromatic N) is 2. The topological polar surface area (TPSA) is 58.4 Å². The van der Waals surface area contributed by atoms with Crippen LogP contribution in [0.15, 0.2) is 58.4 Å². The molecule has 0 radical (unpaired) electrons. The van der Waals surface area contributed by atoms with Gasteiger partial charge in [0.15, 0.2) is 5.96 Å². The Morgan fingerprint density at radius 2 is 1.77 bits per heavy atom. The van der Waals surface area contributed by atoms with E-state index in [1.807, 2.05) is 12.3 Å². The average Bonchev–Trinajstić information content (AvgIpc) is 2.60. The van der Waals surface area contributed by atoms with E-state index >= 15 is 0 Å². The highest BCUT2D eigenvalue weighted by Crippen LogP contribution is 2.07. The van der Waals surface area contributed by atoms with E-state index in [1.54, 1.807) is 16.7 Å². The molecule has 6 heteroatoms. The van der Waals surface area contributed by atoms with Gasteiger partial charge in [0.1, 0.15) is 0 Å². The monoisotopic (exact) mass is 468 g/mol. The molecule has 0 aliphatic rings. The third kappa shape index (κ3) is 7.59. The van der Waals surface area contributed by atoms with Crippen molar-refractivity contribution in [2.45, 2.75) is 33.9 Å². The molecule has 0 saturated heterocycles. The van der Waals surface area contributed by atoms with Gasteiger partial charge in [-0.15, -0.1) is 24.0 Å². The van der Waals surface area contributed by atoms with Crippen LogP contribution in [0, 0.1) is 5.92 Å². The lowest BCUT2D eigenvalue weighted by atomic mass is 10.1. The van der Waals surface area contributed by atoms with Crippen LogP contribution < -0.4 is 16.2 Å². The molecule has 142 valence electrons. The number of pyridine rings is 1. The van der Waals surface area contributed by atoms with E-state index in [9.17, 15) is 4.79 Å². The van der Waals surface area contributed by atoms with Gasteiger partial charge in [0, 0.05) is 25.4 Å². The van der Waals surface area contributed by atoms with Gasteiger partial charge < -0.3 is 15.2 Å². The second-order valence-electron chi connectivity index (χ2n) is 6.45. The van der Waals surface area contributed by atoms with Gasteiger partial charge in [-0.2, -0.15) is 0 Å². The quantitative estimate of drug-likeness (QED) is 0.373. The third-order valence-corrected chi connectivity index (χ3v) is 3.72. The van der Waals surface area contributed by atoms with Gasteiger partial charge in [-0.3, -0.25) is 4.79 Å². The van der Waals surface area contributed by atoms with Gasteiger partial charge in [0.2, 0.25) is 0 Å². The summed E-state index contributed by atoms with van der Waals surface area (Å²) < 4.78 is 1.70. The first kappa shape index (κ1) is 22.2. The van der Waals surface area contributed by atoms with E-state index in [1.165, 1.54) is 0 Å². The predicted octanol–water partition coefficient (Wildman–Crippen LogP) is 3.23. The largest absolute Gasteiger partial charge is 0.357 e. The maximum atomic E-state index is 11.8. The molecule has 0 atom stereocenters. The highest BCUT2D eigenvalue weighted by molar-refractivity contribution is 14.0. The molecule has 0 spiro atoms.